The number of carboxylic acids is 1. The van der Waals surface area contributed by atoms with Gasteiger partial charge in [0.2, 0.25) is 11.8 Å². The van der Waals surface area contributed by atoms with Gasteiger partial charge in [0.25, 0.3) is 0 Å². The van der Waals surface area contributed by atoms with Crippen LogP contribution in [0.25, 0.3) is 0 Å². The van der Waals surface area contributed by atoms with Gasteiger partial charge < -0.3 is 26.8 Å². The lowest BCUT2D eigenvalue weighted by molar-refractivity contribution is -0.143. The third-order valence-corrected chi connectivity index (χ3v) is 6.07. The molecule has 0 bridgehead atoms. The summed E-state index contributed by atoms with van der Waals surface area (Å²) in [5.74, 6) is -1.35. The normalized spacial score (nSPS) is 15.8. The van der Waals surface area contributed by atoms with Crippen LogP contribution in [0.1, 0.15) is 39.2 Å². The van der Waals surface area contributed by atoms with Crippen molar-refractivity contribution in [3.63, 3.8) is 0 Å². The highest BCUT2D eigenvalue weighted by atomic mass is 32.2. The summed E-state index contributed by atoms with van der Waals surface area (Å²) < 4.78 is 0. The number of nitrogens with two attached hydrogens (primary N) is 1. The van der Waals surface area contributed by atoms with Crippen molar-refractivity contribution in [2.45, 2.75) is 64.2 Å². The first-order chi connectivity index (χ1) is 15.2. The van der Waals surface area contributed by atoms with Gasteiger partial charge in [-0.1, -0.05) is 50.6 Å². The minimum absolute atomic E-state index is 0.158. The molecule has 32 heavy (non-hydrogen) atoms. The number of aliphatic carboxylic acids is 1. The molecule has 1 aromatic carbocycles. The monoisotopic (exact) mass is 466 g/mol. The molecule has 8 nitrogen and oxygen atoms in total. The number of hydrogen-bond donors (Lipinski definition) is 5. The van der Waals surface area contributed by atoms with E-state index in [2.05, 4.69) is 16.0 Å². The van der Waals surface area contributed by atoms with E-state index in [1.807, 2.05) is 43.5 Å². The Morgan fingerprint density at radius 3 is 2.31 bits per heavy atom. The summed E-state index contributed by atoms with van der Waals surface area (Å²) in [5.41, 5.74) is 7.37. The Morgan fingerprint density at radius 2 is 1.75 bits per heavy atom. The molecular weight excluding hydrogens is 428 g/mol. The number of nitrogens with one attached hydrogen (secondary N) is 3. The van der Waals surface area contributed by atoms with Crippen molar-refractivity contribution in [3.05, 3.63) is 35.9 Å². The summed E-state index contributed by atoms with van der Waals surface area (Å²) in [6.07, 6.45) is 3.86. The zero-order chi connectivity index (χ0) is 24.1. The minimum atomic E-state index is -1.09. The molecule has 0 heterocycles. The molecular formula is C23H38N4O4S. The molecule has 0 aromatic heterocycles. The van der Waals surface area contributed by atoms with E-state index in [1.165, 1.54) is 0 Å². The molecule has 0 radical (unpaired) electrons. The summed E-state index contributed by atoms with van der Waals surface area (Å²) >= 11 is 1.63. The zero-order valence-electron chi connectivity index (χ0n) is 19.5. The average molecular weight is 467 g/mol. The van der Waals surface area contributed by atoms with Gasteiger partial charge in [-0.3, -0.25) is 9.59 Å². The highest BCUT2D eigenvalue weighted by Gasteiger charge is 2.29. The summed E-state index contributed by atoms with van der Waals surface area (Å²) in [6, 6.07) is 7.41. The van der Waals surface area contributed by atoms with Crippen LogP contribution in [-0.4, -0.2) is 65.6 Å². The lowest BCUT2D eigenvalue weighted by Crippen LogP contribution is -2.56. The Kier molecular flexibility index (Phi) is 13.0. The molecule has 5 atom stereocenters. The van der Waals surface area contributed by atoms with Gasteiger partial charge in [-0.15, -0.1) is 0 Å². The van der Waals surface area contributed by atoms with Crippen LogP contribution >= 0.6 is 11.8 Å². The Morgan fingerprint density at radius 1 is 1.09 bits per heavy atom. The van der Waals surface area contributed by atoms with Crippen molar-refractivity contribution in [1.82, 2.24) is 16.0 Å². The predicted molar refractivity (Wildman–Crippen MR) is 130 cm³/mol. The van der Waals surface area contributed by atoms with Gasteiger partial charge >= 0.3 is 5.97 Å². The van der Waals surface area contributed by atoms with Crippen LogP contribution in [0.4, 0.5) is 0 Å². The number of amides is 2. The molecule has 0 saturated heterocycles. The second-order valence-electron chi connectivity index (χ2n) is 8.13. The van der Waals surface area contributed by atoms with Crippen molar-refractivity contribution >= 4 is 29.5 Å². The third-order valence-electron chi connectivity index (χ3n) is 5.42. The number of hydrogen-bond acceptors (Lipinski definition) is 6. The van der Waals surface area contributed by atoms with Crippen molar-refractivity contribution < 1.29 is 19.5 Å². The SMILES string of the molecule is CC[C@H](C)[C@H](NC(=O)[C@H](C)NC(=O)[C@@H](CCSC)NC[C@@H](N)Cc1ccccc1)C(=O)O. The number of thioether (sulfide) groups is 1. The first-order valence-corrected chi connectivity index (χ1v) is 12.4. The predicted octanol–water partition coefficient (Wildman–Crippen LogP) is 1.39. The van der Waals surface area contributed by atoms with Crippen LogP contribution < -0.4 is 21.7 Å². The standard InChI is InChI=1S/C23H38N4O4S/c1-5-15(2)20(23(30)31)27-21(28)16(3)26-22(29)19(11-12-32-4)25-14-18(24)13-17-9-7-6-8-10-17/h6-10,15-16,18-20,25H,5,11-14,24H2,1-4H3,(H,26,29)(H,27,28)(H,30,31)/t15-,16-,18-,19+,20-/m0/s1. The molecule has 180 valence electrons. The van der Waals surface area contributed by atoms with Gasteiger partial charge in [0.05, 0.1) is 6.04 Å². The topological polar surface area (TPSA) is 134 Å². The molecule has 9 heteroatoms. The molecule has 1 rings (SSSR count). The summed E-state index contributed by atoms with van der Waals surface area (Å²) in [6.45, 7) is 5.64. The highest BCUT2D eigenvalue weighted by Crippen LogP contribution is 2.09. The van der Waals surface area contributed by atoms with Gasteiger partial charge in [-0.05, 0) is 43.3 Å². The maximum absolute atomic E-state index is 12.8. The maximum atomic E-state index is 12.8. The van der Waals surface area contributed by atoms with Gasteiger partial charge in [0.1, 0.15) is 12.1 Å². The van der Waals surface area contributed by atoms with Crippen LogP contribution in [0, 0.1) is 5.92 Å². The Balaban J connectivity index is 2.65. The smallest absolute Gasteiger partial charge is 0.326 e. The third kappa shape index (κ3) is 10.0. The molecule has 0 aliphatic rings. The fraction of sp³-hybridized carbons (Fsp3) is 0.609. The number of benzene rings is 1. The molecule has 1 aromatic rings. The van der Waals surface area contributed by atoms with Crippen LogP contribution in [0.3, 0.4) is 0 Å². The van der Waals surface area contributed by atoms with Gasteiger partial charge in [-0.2, -0.15) is 11.8 Å². The highest BCUT2D eigenvalue weighted by molar-refractivity contribution is 7.98. The molecule has 6 N–H and O–H groups in total. The van der Waals surface area contributed by atoms with E-state index in [4.69, 9.17) is 5.73 Å². The van der Waals surface area contributed by atoms with Crippen molar-refractivity contribution in [2.75, 3.05) is 18.6 Å². The molecule has 0 saturated carbocycles. The Bertz CT molecular complexity index is 719. The van der Waals surface area contributed by atoms with Crippen LogP contribution in [0.15, 0.2) is 30.3 Å². The Labute approximate surface area is 195 Å². The second kappa shape index (κ2) is 14.9. The molecule has 0 unspecified atom stereocenters. The summed E-state index contributed by atoms with van der Waals surface area (Å²) in [7, 11) is 0. The molecule has 0 fully saturated rings. The van der Waals surface area contributed by atoms with Gasteiger partial charge in [0, 0.05) is 12.6 Å². The number of carbonyl (C=O) groups excluding carboxylic acids is 2. The minimum Gasteiger partial charge on any atom is -0.480 e. The zero-order valence-corrected chi connectivity index (χ0v) is 20.3. The van der Waals surface area contributed by atoms with Gasteiger partial charge in [-0.25, -0.2) is 4.79 Å². The number of carbonyl (C=O) groups is 3. The number of rotatable bonds is 15. The van der Waals surface area contributed by atoms with E-state index < -0.39 is 30.0 Å². The quantitative estimate of drug-likeness (QED) is 0.264. The lowest BCUT2D eigenvalue weighted by atomic mass is 9.99. The van der Waals surface area contributed by atoms with E-state index in [0.717, 1.165) is 11.3 Å². The van der Waals surface area contributed by atoms with E-state index >= 15 is 0 Å². The van der Waals surface area contributed by atoms with Gasteiger partial charge in [0.15, 0.2) is 0 Å². The second-order valence-corrected chi connectivity index (χ2v) is 9.12. The molecule has 2 amide bonds. The lowest BCUT2D eigenvalue weighted by Gasteiger charge is -2.25. The first kappa shape index (κ1) is 27.9. The summed E-state index contributed by atoms with van der Waals surface area (Å²) in [5, 5.41) is 17.8. The van der Waals surface area contributed by atoms with E-state index in [0.29, 0.717) is 25.8 Å². The molecule has 0 aliphatic carbocycles. The molecule has 0 aliphatic heterocycles. The largest absolute Gasteiger partial charge is 0.480 e. The van der Waals surface area contributed by atoms with E-state index in [1.54, 1.807) is 25.6 Å². The van der Waals surface area contributed by atoms with Crippen LogP contribution in [-0.2, 0) is 20.8 Å². The first-order valence-electron chi connectivity index (χ1n) is 11.0. The average Bonchev–Trinajstić information content (AvgIpc) is 2.77. The maximum Gasteiger partial charge on any atom is 0.326 e. The molecule has 0 spiro atoms. The van der Waals surface area contributed by atoms with Crippen molar-refractivity contribution in [3.8, 4) is 0 Å². The van der Waals surface area contributed by atoms with Crippen LogP contribution in [0.5, 0.6) is 0 Å². The van der Waals surface area contributed by atoms with E-state index in [-0.39, 0.29) is 17.9 Å². The number of carboxylic acid groups (broad SMARTS) is 1. The Hall–Kier alpha value is -2.10. The van der Waals surface area contributed by atoms with Crippen molar-refractivity contribution in [2.24, 2.45) is 11.7 Å². The summed E-state index contributed by atoms with van der Waals surface area (Å²) in [4.78, 5) is 36.8. The van der Waals surface area contributed by atoms with Crippen LogP contribution in [0.2, 0.25) is 0 Å². The fourth-order valence-electron chi connectivity index (χ4n) is 3.19. The van der Waals surface area contributed by atoms with Crippen molar-refractivity contribution in [1.29, 1.82) is 0 Å². The van der Waals surface area contributed by atoms with E-state index in [9.17, 15) is 19.5 Å². The fourth-order valence-corrected chi connectivity index (χ4v) is 3.66.